The van der Waals surface area contributed by atoms with Crippen molar-refractivity contribution in [3.8, 4) is 0 Å². The van der Waals surface area contributed by atoms with Crippen LogP contribution in [-0.4, -0.2) is 20.6 Å². The molecular weight excluding hydrogens is 368 g/mol. The van der Waals surface area contributed by atoms with E-state index in [1.165, 1.54) is 0 Å². The standard InChI is InChI=1S/C20H19ClN2O2S/c1-2-15-16-9-8-14(21)10-17(16)23(12-18(24)25)19(15)20(26)22-11-13-6-4-3-5-7-13/h3-10H,2,11-12H2,1H3,(H,22,26)(H,24,25). The summed E-state index contributed by atoms with van der Waals surface area (Å²) in [6.07, 6.45) is 0.743. The number of aromatic nitrogens is 1. The van der Waals surface area contributed by atoms with Gasteiger partial charge in [0.05, 0.1) is 11.2 Å². The van der Waals surface area contributed by atoms with E-state index in [1.807, 2.05) is 49.4 Å². The zero-order chi connectivity index (χ0) is 18.7. The molecule has 6 heteroatoms. The highest BCUT2D eigenvalue weighted by molar-refractivity contribution is 7.80. The minimum absolute atomic E-state index is 0.167. The fourth-order valence-electron chi connectivity index (χ4n) is 3.17. The third-order valence-corrected chi connectivity index (χ3v) is 4.86. The molecule has 0 fully saturated rings. The number of aryl methyl sites for hydroxylation is 1. The number of hydrogen-bond acceptors (Lipinski definition) is 2. The minimum atomic E-state index is -0.920. The Bertz CT molecular complexity index is 967. The van der Waals surface area contributed by atoms with Gasteiger partial charge in [0.15, 0.2) is 0 Å². The van der Waals surface area contributed by atoms with Crippen molar-refractivity contribution in [3.63, 3.8) is 0 Å². The van der Waals surface area contributed by atoms with Crippen LogP contribution in [0.1, 0.15) is 23.7 Å². The van der Waals surface area contributed by atoms with Gasteiger partial charge in [0.25, 0.3) is 0 Å². The first-order chi connectivity index (χ1) is 12.5. The zero-order valence-electron chi connectivity index (χ0n) is 14.3. The SMILES string of the molecule is CCc1c(C(=S)NCc2ccccc2)n(CC(=O)O)c2cc(Cl)ccc12. The molecule has 4 nitrogen and oxygen atoms in total. The first-order valence-electron chi connectivity index (χ1n) is 8.35. The Balaban J connectivity index is 2.04. The highest BCUT2D eigenvalue weighted by atomic mass is 35.5. The van der Waals surface area contributed by atoms with Gasteiger partial charge in [-0.05, 0) is 29.7 Å². The molecule has 0 aliphatic heterocycles. The number of benzene rings is 2. The van der Waals surface area contributed by atoms with Gasteiger partial charge in [-0.2, -0.15) is 0 Å². The van der Waals surface area contributed by atoms with Crippen LogP contribution in [0.5, 0.6) is 0 Å². The van der Waals surface area contributed by atoms with Crippen LogP contribution in [0.15, 0.2) is 48.5 Å². The van der Waals surface area contributed by atoms with Gasteiger partial charge in [-0.3, -0.25) is 4.79 Å². The third-order valence-electron chi connectivity index (χ3n) is 4.29. The summed E-state index contributed by atoms with van der Waals surface area (Å²) in [7, 11) is 0. The lowest BCUT2D eigenvalue weighted by Gasteiger charge is -2.13. The van der Waals surface area contributed by atoms with Crippen molar-refractivity contribution < 1.29 is 9.90 Å². The number of nitrogens with zero attached hydrogens (tertiary/aromatic N) is 1. The van der Waals surface area contributed by atoms with Crippen molar-refractivity contribution >= 4 is 45.7 Å². The van der Waals surface area contributed by atoms with E-state index in [-0.39, 0.29) is 6.54 Å². The average molecular weight is 387 g/mol. The van der Waals surface area contributed by atoms with Gasteiger partial charge in [0.2, 0.25) is 0 Å². The molecule has 1 heterocycles. The molecule has 0 spiro atoms. The third kappa shape index (κ3) is 3.74. The molecule has 0 bridgehead atoms. The average Bonchev–Trinajstić information content (AvgIpc) is 2.93. The molecule has 0 radical (unpaired) electrons. The molecule has 3 rings (SSSR count). The Morgan fingerprint density at radius 1 is 1.23 bits per heavy atom. The van der Waals surface area contributed by atoms with Crippen molar-refractivity contribution in [3.05, 3.63) is 70.4 Å². The molecule has 0 aliphatic rings. The molecule has 0 unspecified atom stereocenters. The maximum absolute atomic E-state index is 11.4. The number of carboxylic acid groups (broad SMARTS) is 1. The Hall–Kier alpha value is -2.37. The number of halogens is 1. The highest BCUT2D eigenvalue weighted by Gasteiger charge is 2.21. The summed E-state index contributed by atoms with van der Waals surface area (Å²) >= 11 is 11.8. The topological polar surface area (TPSA) is 54.3 Å². The van der Waals surface area contributed by atoms with Crippen LogP contribution in [0, 0.1) is 0 Å². The maximum Gasteiger partial charge on any atom is 0.323 e. The summed E-state index contributed by atoms with van der Waals surface area (Å²) in [6, 6.07) is 15.5. The summed E-state index contributed by atoms with van der Waals surface area (Å²) in [5, 5.41) is 14.2. The van der Waals surface area contributed by atoms with Gasteiger partial charge in [0.1, 0.15) is 11.5 Å². The van der Waals surface area contributed by atoms with E-state index in [9.17, 15) is 9.90 Å². The molecule has 0 atom stereocenters. The van der Waals surface area contributed by atoms with E-state index in [1.54, 1.807) is 10.6 Å². The van der Waals surface area contributed by atoms with Crippen LogP contribution < -0.4 is 5.32 Å². The number of carbonyl (C=O) groups is 1. The monoisotopic (exact) mass is 386 g/mol. The number of rotatable bonds is 6. The summed E-state index contributed by atoms with van der Waals surface area (Å²) in [6.45, 7) is 2.45. The van der Waals surface area contributed by atoms with Gasteiger partial charge < -0.3 is 15.0 Å². The largest absolute Gasteiger partial charge is 0.480 e. The fraction of sp³-hybridized carbons (Fsp3) is 0.200. The van der Waals surface area contributed by atoms with Crippen LogP contribution in [0.25, 0.3) is 10.9 Å². The molecule has 2 aromatic carbocycles. The van der Waals surface area contributed by atoms with E-state index >= 15 is 0 Å². The molecular formula is C20H19ClN2O2S. The normalized spacial score (nSPS) is 10.8. The summed E-state index contributed by atoms with van der Waals surface area (Å²) in [4.78, 5) is 12.0. The lowest BCUT2D eigenvalue weighted by atomic mass is 10.1. The molecule has 2 N–H and O–H groups in total. The van der Waals surface area contributed by atoms with Crippen LogP contribution in [0.2, 0.25) is 5.02 Å². The van der Waals surface area contributed by atoms with Crippen LogP contribution in [0.4, 0.5) is 0 Å². The van der Waals surface area contributed by atoms with E-state index in [4.69, 9.17) is 23.8 Å². The second-order valence-electron chi connectivity index (χ2n) is 5.99. The Kier molecular flexibility index (Phi) is 5.59. The molecule has 0 saturated carbocycles. The summed E-state index contributed by atoms with van der Waals surface area (Å²) in [5.41, 5.74) is 3.68. The number of aliphatic carboxylic acids is 1. The molecule has 0 aliphatic carbocycles. The molecule has 1 aromatic heterocycles. The van der Waals surface area contributed by atoms with Crippen molar-refractivity contribution in [1.82, 2.24) is 9.88 Å². The lowest BCUT2D eigenvalue weighted by molar-refractivity contribution is -0.137. The second-order valence-corrected chi connectivity index (χ2v) is 6.84. The zero-order valence-corrected chi connectivity index (χ0v) is 15.9. The number of hydrogen-bond donors (Lipinski definition) is 2. The number of fused-ring (bicyclic) bond motifs is 1. The maximum atomic E-state index is 11.4. The van der Waals surface area contributed by atoms with Gasteiger partial charge in [-0.25, -0.2) is 0 Å². The van der Waals surface area contributed by atoms with E-state index in [2.05, 4.69) is 5.32 Å². The van der Waals surface area contributed by atoms with Gasteiger partial charge in [0, 0.05) is 17.0 Å². The first-order valence-corrected chi connectivity index (χ1v) is 9.14. The molecule has 0 saturated heterocycles. The van der Waals surface area contributed by atoms with Gasteiger partial charge >= 0.3 is 5.97 Å². The van der Waals surface area contributed by atoms with Crippen molar-refractivity contribution in [1.29, 1.82) is 0 Å². The van der Waals surface area contributed by atoms with Crippen LogP contribution >= 0.6 is 23.8 Å². The lowest BCUT2D eigenvalue weighted by Crippen LogP contribution is -2.26. The van der Waals surface area contributed by atoms with Crippen molar-refractivity contribution in [2.24, 2.45) is 0 Å². The van der Waals surface area contributed by atoms with Crippen LogP contribution in [-0.2, 0) is 24.3 Å². The Morgan fingerprint density at radius 3 is 2.62 bits per heavy atom. The number of carboxylic acids is 1. The van der Waals surface area contributed by atoms with Gasteiger partial charge in [-0.1, -0.05) is 67.1 Å². The first kappa shape index (κ1) is 18.4. The number of thiocarbonyl (C=S) groups is 1. The van der Waals surface area contributed by atoms with Crippen molar-refractivity contribution in [2.75, 3.05) is 0 Å². The van der Waals surface area contributed by atoms with Gasteiger partial charge in [-0.15, -0.1) is 0 Å². The fourth-order valence-corrected chi connectivity index (χ4v) is 3.65. The van der Waals surface area contributed by atoms with Crippen LogP contribution in [0.3, 0.4) is 0 Å². The molecule has 134 valence electrons. The highest BCUT2D eigenvalue weighted by Crippen LogP contribution is 2.29. The van der Waals surface area contributed by atoms with Crippen molar-refractivity contribution in [2.45, 2.75) is 26.4 Å². The number of nitrogens with one attached hydrogen (secondary N) is 1. The summed E-state index contributed by atoms with van der Waals surface area (Å²) in [5.74, 6) is -0.920. The summed E-state index contributed by atoms with van der Waals surface area (Å²) < 4.78 is 1.74. The quantitative estimate of drug-likeness (QED) is 0.616. The molecule has 26 heavy (non-hydrogen) atoms. The second kappa shape index (κ2) is 7.89. The van der Waals surface area contributed by atoms with E-state index < -0.39 is 5.97 Å². The smallest absolute Gasteiger partial charge is 0.323 e. The minimum Gasteiger partial charge on any atom is -0.480 e. The van der Waals surface area contributed by atoms with E-state index in [0.29, 0.717) is 16.6 Å². The Labute approximate surface area is 162 Å². The molecule has 0 amide bonds. The Morgan fingerprint density at radius 2 is 1.96 bits per heavy atom. The predicted molar refractivity (Wildman–Crippen MR) is 109 cm³/mol. The molecule has 3 aromatic rings. The predicted octanol–water partition coefficient (Wildman–Crippen LogP) is 4.41. The van der Waals surface area contributed by atoms with E-state index in [0.717, 1.165) is 34.1 Å².